The smallest absolute Gasteiger partial charge is 0.0195 e. The molecule has 2 aliphatic rings. The van der Waals surface area contributed by atoms with Gasteiger partial charge in [0.05, 0.1) is 0 Å². The second-order valence-electron chi connectivity index (χ2n) is 6.05. The Bertz CT molecular complexity index is 211. The molecule has 1 N–H and O–H groups in total. The Morgan fingerprint density at radius 2 is 2.13 bits per heavy atom. The van der Waals surface area contributed by atoms with Gasteiger partial charge in [0.25, 0.3) is 0 Å². The Labute approximate surface area is 94.4 Å². The molecule has 2 rings (SSSR count). The first kappa shape index (κ1) is 11.4. The van der Waals surface area contributed by atoms with Gasteiger partial charge in [0.1, 0.15) is 0 Å². The lowest BCUT2D eigenvalue weighted by atomic mass is 10.0. The second kappa shape index (κ2) is 4.42. The minimum Gasteiger partial charge on any atom is -0.313 e. The van der Waals surface area contributed by atoms with Gasteiger partial charge in [-0.15, -0.1) is 0 Å². The van der Waals surface area contributed by atoms with Gasteiger partial charge in [-0.2, -0.15) is 0 Å². The van der Waals surface area contributed by atoms with Crippen LogP contribution in [0.4, 0.5) is 0 Å². The molecule has 1 aliphatic carbocycles. The van der Waals surface area contributed by atoms with Gasteiger partial charge < -0.3 is 10.2 Å². The van der Waals surface area contributed by atoms with E-state index in [9.17, 15) is 0 Å². The molecule has 15 heavy (non-hydrogen) atoms. The van der Waals surface area contributed by atoms with Crippen LogP contribution in [0, 0.1) is 11.3 Å². The van der Waals surface area contributed by atoms with E-state index in [0.717, 1.165) is 18.5 Å². The Morgan fingerprint density at radius 3 is 2.73 bits per heavy atom. The first-order chi connectivity index (χ1) is 7.12. The molecule has 88 valence electrons. The maximum absolute atomic E-state index is 3.59. The second-order valence-corrected chi connectivity index (χ2v) is 6.05. The van der Waals surface area contributed by atoms with Crippen molar-refractivity contribution in [3.63, 3.8) is 0 Å². The van der Waals surface area contributed by atoms with Crippen molar-refractivity contribution in [2.75, 3.05) is 26.2 Å². The zero-order valence-corrected chi connectivity index (χ0v) is 10.6. The fraction of sp³-hybridized carbons (Fsp3) is 1.00. The molecular weight excluding hydrogens is 184 g/mol. The summed E-state index contributed by atoms with van der Waals surface area (Å²) < 4.78 is 0. The number of nitrogens with zero attached hydrogens (tertiary/aromatic N) is 1. The maximum atomic E-state index is 3.59. The van der Waals surface area contributed by atoms with Crippen LogP contribution in [0.2, 0.25) is 0 Å². The Hall–Kier alpha value is -0.0800. The Kier molecular flexibility index (Phi) is 3.36. The average molecular weight is 210 g/mol. The van der Waals surface area contributed by atoms with Crippen LogP contribution in [0.15, 0.2) is 0 Å². The van der Waals surface area contributed by atoms with E-state index in [1.165, 1.54) is 38.9 Å². The third-order valence-corrected chi connectivity index (χ3v) is 4.19. The van der Waals surface area contributed by atoms with Crippen molar-refractivity contribution in [1.82, 2.24) is 10.2 Å². The Morgan fingerprint density at radius 1 is 1.40 bits per heavy atom. The zero-order chi connectivity index (χ0) is 10.9. The van der Waals surface area contributed by atoms with E-state index in [0.29, 0.717) is 5.41 Å². The largest absolute Gasteiger partial charge is 0.313 e. The van der Waals surface area contributed by atoms with Crippen LogP contribution in [0.25, 0.3) is 0 Å². The van der Waals surface area contributed by atoms with Crippen molar-refractivity contribution in [2.45, 2.75) is 46.1 Å². The van der Waals surface area contributed by atoms with Gasteiger partial charge in [-0.25, -0.2) is 0 Å². The SMILES string of the molecule is CCNC1CCCN(CC2CC2(C)C)C1. The van der Waals surface area contributed by atoms with E-state index in [1.54, 1.807) is 0 Å². The molecule has 2 unspecified atom stereocenters. The normalized spacial score (nSPS) is 35.4. The van der Waals surface area contributed by atoms with Crippen molar-refractivity contribution < 1.29 is 0 Å². The van der Waals surface area contributed by atoms with Crippen LogP contribution in [-0.2, 0) is 0 Å². The first-order valence-electron chi connectivity index (χ1n) is 6.57. The number of hydrogen-bond acceptors (Lipinski definition) is 2. The molecule has 0 aromatic carbocycles. The van der Waals surface area contributed by atoms with E-state index in [4.69, 9.17) is 0 Å². The van der Waals surface area contributed by atoms with Gasteiger partial charge in [0.2, 0.25) is 0 Å². The molecule has 1 heterocycles. The molecular formula is C13H26N2. The monoisotopic (exact) mass is 210 g/mol. The topological polar surface area (TPSA) is 15.3 Å². The maximum Gasteiger partial charge on any atom is 0.0195 e. The van der Waals surface area contributed by atoms with Gasteiger partial charge >= 0.3 is 0 Å². The number of likely N-dealkylation sites (tertiary alicyclic amines) is 1. The van der Waals surface area contributed by atoms with E-state index < -0.39 is 0 Å². The number of nitrogens with one attached hydrogen (secondary N) is 1. The van der Waals surface area contributed by atoms with Crippen molar-refractivity contribution in [3.05, 3.63) is 0 Å². The molecule has 0 aromatic heterocycles. The van der Waals surface area contributed by atoms with E-state index in [1.807, 2.05) is 0 Å². The van der Waals surface area contributed by atoms with Gasteiger partial charge in [0, 0.05) is 19.1 Å². The molecule has 1 saturated carbocycles. The van der Waals surface area contributed by atoms with Crippen LogP contribution in [0.1, 0.15) is 40.0 Å². The van der Waals surface area contributed by atoms with Crippen LogP contribution < -0.4 is 5.32 Å². The first-order valence-corrected chi connectivity index (χ1v) is 6.57. The van der Waals surface area contributed by atoms with Gasteiger partial charge in [0.15, 0.2) is 0 Å². The molecule has 2 fully saturated rings. The van der Waals surface area contributed by atoms with Crippen molar-refractivity contribution in [1.29, 1.82) is 0 Å². The summed E-state index contributed by atoms with van der Waals surface area (Å²) in [6.07, 6.45) is 4.19. The molecule has 2 atom stereocenters. The number of piperidine rings is 1. The number of likely N-dealkylation sites (N-methyl/N-ethyl adjacent to an activating group) is 1. The van der Waals surface area contributed by atoms with E-state index >= 15 is 0 Å². The highest BCUT2D eigenvalue weighted by Gasteiger charge is 2.46. The molecule has 0 radical (unpaired) electrons. The van der Waals surface area contributed by atoms with Crippen LogP contribution in [0.3, 0.4) is 0 Å². The number of hydrogen-bond donors (Lipinski definition) is 1. The standard InChI is InChI=1S/C13H26N2/c1-4-14-12-6-5-7-15(10-12)9-11-8-13(11,2)3/h11-12,14H,4-10H2,1-3H3. The molecule has 1 aliphatic heterocycles. The molecule has 0 aromatic rings. The molecule has 2 nitrogen and oxygen atoms in total. The average Bonchev–Trinajstić information content (AvgIpc) is 2.74. The summed E-state index contributed by atoms with van der Waals surface area (Å²) in [5.74, 6) is 0.970. The fourth-order valence-electron chi connectivity index (χ4n) is 2.88. The molecule has 2 heteroatoms. The summed E-state index contributed by atoms with van der Waals surface area (Å²) in [7, 11) is 0. The van der Waals surface area contributed by atoms with E-state index in [-0.39, 0.29) is 0 Å². The summed E-state index contributed by atoms with van der Waals surface area (Å²) >= 11 is 0. The highest BCUT2D eigenvalue weighted by atomic mass is 15.2. The highest BCUT2D eigenvalue weighted by Crippen LogP contribution is 2.51. The lowest BCUT2D eigenvalue weighted by molar-refractivity contribution is 0.179. The lowest BCUT2D eigenvalue weighted by Crippen LogP contribution is -2.46. The van der Waals surface area contributed by atoms with Gasteiger partial charge in [-0.05, 0) is 43.7 Å². The molecule has 1 saturated heterocycles. The summed E-state index contributed by atoms with van der Waals surface area (Å²) in [6, 6.07) is 0.755. The lowest BCUT2D eigenvalue weighted by Gasteiger charge is -2.33. The van der Waals surface area contributed by atoms with Crippen molar-refractivity contribution in [2.24, 2.45) is 11.3 Å². The minimum atomic E-state index is 0.644. The number of rotatable bonds is 4. The molecule has 0 spiro atoms. The Balaban J connectivity index is 1.73. The van der Waals surface area contributed by atoms with Crippen LogP contribution >= 0.6 is 0 Å². The molecule has 0 amide bonds. The van der Waals surface area contributed by atoms with Gasteiger partial charge in [-0.3, -0.25) is 0 Å². The summed E-state index contributed by atoms with van der Waals surface area (Å²) in [6.45, 7) is 12.1. The summed E-state index contributed by atoms with van der Waals surface area (Å²) in [5, 5.41) is 3.59. The minimum absolute atomic E-state index is 0.644. The van der Waals surface area contributed by atoms with Crippen LogP contribution in [-0.4, -0.2) is 37.1 Å². The summed E-state index contributed by atoms with van der Waals surface area (Å²) in [4.78, 5) is 2.68. The predicted octanol–water partition coefficient (Wildman–Crippen LogP) is 2.11. The highest BCUT2D eigenvalue weighted by molar-refractivity contribution is 4.97. The third-order valence-electron chi connectivity index (χ3n) is 4.19. The predicted molar refractivity (Wildman–Crippen MR) is 65.0 cm³/mol. The fourth-order valence-corrected chi connectivity index (χ4v) is 2.88. The summed E-state index contributed by atoms with van der Waals surface area (Å²) in [5.41, 5.74) is 0.644. The van der Waals surface area contributed by atoms with E-state index in [2.05, 4.69) is 31.0 Å². The quantitative estimate of drug-likeness (QED) is 0.764. The van der Waals surface area contributed by atoms with Gasteiger partial charge in [-0.1, -0.05) is 20.8 Å². The van der Waals surface area contributed by atoms with Crippen molar-refractivity contribution >= 4 is 0 Å². The van der Waals surface area contributed by atoms with Crippen molar-refractivity contribution in [3.8, 4) is 0 Å². The zero-order valence-electron chi connectivity index (χ0n) is 10.6. The molecule has 0 bridgehead atoms. The van der Waals surface area contributed by atoms with Crippen LogP contribution in [0.5, 0.6) is 0 Å². The third kappa shape index (κ3) is 2.94.